The number of hydrogen-bond donors (Lipinski definition) is 3. The summed E-state index contributed by atoms with van der Waals surface area (Å²) in [6.45, 7) is 6.71. The molecular formula is C23H30N4O7. The first kappa shape index (κ1) is 28.1. The van der Waals surface area contributed by atoms with Gasteiger partial charge in [0, 0.05) is 0 Å². The molecule has 184 valence electrons. The average molecular weight is 475 g/mol. The number of benzene rings is 1. The molecule has 3 N–H and O–H groups in total. The lowest BCUT2D eigenvalue weighted by atomic mass is 10.0. The topological polar surface area (TPSA) is 158 Å². The largest absolute Gasteiger partial charge is 0.468 e. The SMILES string of the molecule is C=Cc1cccc(C(C(=O)NCC(=O)OC)N(CC#N)C(=O)C(CO)NC(=O)OC(C)(C)C)c1. The highest BCUT2D eigenvalue weighted by Gasteiger charge is 2.36. The van der Waals surface area contributed by atoms with E-state index in [1.54, 1.807) is 45.0 Å². The first-order chi connectivity index (χ1) is 16.0. The Labute approximate surface area is 198 Å². The minimum Gasteiger partial charge on any atom is -0.468 e. The monoisotopic (exact) mass is 474 g/mol. The zero-order chi connectivity index (χ0) is 25.9. The molecule has 0 heterocycles. The van der Waals surface area contributed by atoms with Gasteiger partial charge in [0.05, 0.1) is 19.8 Å². The number of hydrogen-bond acceptors (Lipinski definition) is 8. The molecule has 1 aromatic rings. The van der Waals surface area contributed by atoms with Gasteiger partial charge in [-0.05, 0) is 38.0 Å². The van der Waals surface area contributed by atoms with Gasteiger partial charge in [-0.15, -0.1) is 0 Å². The minimum absolute atomic E-state index is 0.317. The Balaban J connectivity index is 3.37. The van der Waals surface area contributed by atoms with Gasteiger partial charge >= 0.3 is 12.1 Å². The molecule has 1 aromatic carbocycles. The van der Waals surface area contributed by atoms with E-state index in [9.17, 15) is 29.5 Å². The Hall–Kier alpha value is -3.91. The molecule has 11 heteroatoms. The Morgan fingerprint density at radius 3 is 2.50 bits per heavy atom. The van der Waals surface area contributed by atoms with Gasteiger partial charge in [-0.1, -0.05) is 30.9 Å². The van der Waals surface area contributed by atoms with Crippen LogP contribution < -0.4 is 10.6 Å². The van der Waals surface area contributed by atoms with E-state index in [-0.39, 0.29) is 0 Å². The molecule has 0 fully saturated rings. The minimum atomic E-state index is -1.50. The molecule has 11 nitrogen and oxygen atoms in total. The number of carbonyl (C=O) groups excluding carboxylic acids is 4. The number of rotatable bonds is 10. The number of aliphatic hydroxyl groups is 1. The van der Waals surface area contributed by atoms with Gasteiger partial charge in [0.15, 0.2) is 0 Å². The highest BCUT2D eigenvalue weighted by atomic mass is 16.6. The summed E-state index contributed by atoms with van der Waals surface area (Å²) in [6.07, 6.45) is 0.571. The van der Waals surface area contributed by atoms with E-state index in [1.165, 1.54) is 6.08 Å². The van der Waals surface area contributed by atoms with Gasteiger partial charge in [0.1, 0.15) is 30.8 Å². The van der Waals surface area contributed by atoms with Crippen molar-refractivity contribution in [3.8, 4) is 6.07 Å². The Morgan fingerprint density at radius 1 is 1.29 bits per heavy atom. The maximum Gasteiger partial charge on any atom is 0.408 e. The summed E-state index contributed by atoms with van der Waals surface area (Å²) in [5, 5.41) is 23.8. The van der Waals surface area contributed by atoms with Crippen molar-refractivity contribution < 1.29 is 33.8 Å². The zero-order valence-corrected chi connectivity index (χ0v) is 19.7. The van der Waals surface area contributed by atoms with Crippen LogP contribution in [0.4, 0.5) is 4.79 Å². The number of carbonyl (C=O) groups is 4. The van der Waals surface area contributed by atoms with E-state index in [2.05, 4.69) is 21.9 Å². The third kappa shape index (κ3) is 8.55. The number of nitrogens with zero attached hydrogens (tertiary/aromatic N) is 2. The standard InChI is InChI=1S/C23H30N4O7/c1-6-15-8-7-9-16(12-15)19(20(30)25-13-18(29)33-5)27(11-10-24)21(31)17(14-28)26-22(32)34-23(2,3)4/h6-9,12,17,19,28H,1,11,13-14H2,2-5H3,(H,25,30)(H,26,32). The van der Waals surface area contributed by atoms with Crippen LogP contribution in [0.1, 0.15) is 37.9 Å². The number of nitrogens with one attached hydrogen (secondary N) is 2. The van der Waals surface area contributed by atoms with Crippen molar-refractivity contribution in [1.82, 2.24) is 15.5 Å². The molecule has 0 aliphatic carbocycles. The van der Waals surface area contributed by atoms with Crippen LogP contribution in [0.3, 0.4) is 0 Å². The number of esters is 1. The first-order valence-electron chi connectivity index (χ1n) is 10.3. The highest BCUT2D eigenvalue weighted by Crippen LogP contribution is 2.24. The summed E-state index contributed by atoms with van der Waals surface area (Å²) in [6, 6.07) is 5.44. The molecule has 2 unspecified atom stereocenters. The fraction of sp³-hybridized carbons (Fsp3) is 0.435. The van der Waals surface area contributed by atoms with Crippen LogP contribution in [0.5, 0.6) is 0 Å². The van der Waals surface area contributed by atoms with Gasteiger partial charge < -0.3 is 30.1 Å². The molecular weight excluding hydrogens is 444 g/mol. The lowest BCUT2D eigenvalue weighted by Crippen LogP contribution is -2.54. The van der Waals surface area contributed by atoms with Crippen molar-refractivity contribution >= 4 is 30.0 Å². The van der Waals surface area contributed by atoms with E-state index >= 15 is 0 Å². The molecule has 0 aliphatic rings. The van der Waals surface area contributed by atoms with Crippen molar-refractivity contribution in [1.29, 1.82) is 5.26 Å². The molecule has 0 bridgehead atoms. The van der Waals surface area contributed by atoms with Gasteiger partial charge in [0.2, 0.25) is 11.8 Å². The Morgan fingerprint density at radius 2 is 1.97 bits per heavy atom. The molecule has 1 rings (SSSR count). The molecule has 0 aromatic heterocycles. The van der Waals surface area contributed by atoms with Crippen molar-refractivity contribution in [2.45, 2.75) is 38.5 Å². The van der Waals surface area contributed by atoms with E-state index in [0.29, 0.717) is 11.1 Å². The van der Waals surface area contributed by atoms with Gasteiger partial charge in [-0.3, -0.25) is 14.4 Å². The van der Waals surface area contributed by atoms with Crippen molar-refractivity contribution in [2.24, 2.45) is 0 Å². The van der Waals surface area contributed by atoms with E-state index in [1.807, 2.05) is 6.07 Å². The molecule has 0 radical (unpaired) electrons. The number of ether oxygens (including phenoxy) is 2. The Kier molecular flexibility index (Phi) is 10.7. The van der Waals surface area contributed by atoms with E-state index in [4.69, 9.17) is 4.74 Å². The molecule has 2 atom stereocenters. The summed E-state index contributed by atoms with van der Waals surface area (Å²) >= 11 is 0. The lowest BCUT2D eigenvalue weighted by molar-refractivity contribution is -0.144. The normalized spacial score (nSPS) is 12.4. The van der Waals surface area contributed by atoms with Gasteiger partial charge in [-0.2, -0.15) is 5.26 Å². The fourth-order valence-electron chi connectivity index (χ4n) is 2.87. The van der Waals surface area contributed by atoms with Crippen molar-refractivity contribution in [2.75, 3.05) is 26.8 Å². The van der Waals surface area contributed by atoms with Crippen molar-refractivity contribution in [3.63, 3.8) is 0 Å². The fourth-order valence-corrected chi connectivity index (χ4v) is 2.87. The predicted molar refractivity (Wildman–Crippen MR) is 122 cm³/mol. The molecule has 34 heavy (non-hydrogen) atoms. The maximum absolute atomic E-state index is 13.3. The second-order valence-corrected chi connectivity index (χ2v) is 8.08. The third-order valence-corrected chi connectivity index (χ3v) is 4.35. The summed E-state index contributed by atoms with van der Waals surface area (Å²) in [5.74, 6) is -2.40. The molecule has 0 saturated heterocycles. The van der Waals surface area contributed by atoms with Crippen LogP contribution in [0.25, 0.3) is 6.08 Å². The molecule has 0 spiro atoms. The van der Waals surface area contributed by atoms with E-state index < -0.39 is 61.3 Å². The number of methoxy groups -OCH3 is 1. The zero-order valence-electron chi connectivity index (χ0n) is 19.7. The first-order valence-corrected chi connectivity index (χ1v) is 10.3. The smallest absolute Gasteiger partial charge is 0.408 e. The van der Waals surface area contributed by atoms with E-state index in [0.717, 1.165) is 12.0 Å². The maximum atomic E-state index is 13.3. The van der Waals surface area contributed by atoms with Crippen LogP contribution in [-0.2, 0) is 23.9 Å². The van der Waals surface area contributed by atoms with Gasteiger partial charge in [0.25, 0.3) is 0 Å². The quantitative estimate of drug-likeness (QED) is 0.333. The second kappa shape index (κ2) is 13.0. The highest BCUT2D eigenvalue weighted by molar-refractivity contribution is 5.93. The van der Waals surface area contributed by atoms with Gasteiger partial charge in [-0.25, -0.2) is 4.79 Å². The molecule has 0 saturated carbocycles. The number of amides is 3. The average Bonchev–Trinajstić information content (AvgIpc) is 2.79. The molecule has 0 aliphatic heterocycles. The lowest BCUT2D eigenvalue weighted by Gasteiger charge is -2.32. The Bertz CT molecular complexity index is 949. The van der Waals surface area contributed by atoms with Crippen LogP contribution >= 0.6 is 0 Å². The summed E-state index contributed by atoms with van der Waals surface area (Å²) < 4.78 is 9.64. The van der Waals surface area contributed by atoms with Crippen LogP contribution in [0, 0.1) is 11.3 Å². The number of alkyl carbamates (subject to hydrolysis) is 1. The number of aliphatic hydroxyl groups excluding tert-OH is 1. The summed E-state index contributed by atoms with van der Waals surface area (Å²) in [5.41, 5.74) is 0.0940. The van der Waals surface area contributed by atoms with Crippen LogP contribution in [0.15, 0.2) is 30.8 Å². The van der Waals surface area contributed by atoms with Crippen LogP contribution in [0.2, 0.25) is 0 Å². The molecule has 3 amide bonds. The third-order valence-electron chi connectivity index (χ3n) is 4.35. The predicted octanol–water partition coefficient (Wildman–Crippen LogP) is 0.898. The van der Waals surface area contributed by atoms with Crippen LogP contribution in [-0.4, -0.2) is 72.3 Å². The summed E-state index contributed by atoms with van der Waals surface area (Å²) in [4.78, 5) is 50.9. The summed E-state index contributed by atoms with van der Waals surface area (Å²) in [7, 11) is 1.15. The number of nitriles is 1. The second-order valence-electron chi connectivity index (χ2n) is 8.08. The van der Waals surface area contributed by atoms with Crippen molar-refractivity contribution in [3.05, 3.63) is 42.0 Å².